The SMILES string of the molecule is CCC(N)CC(=O)N1CCCCC1C. The highest BCUT2D eigenvalue weighted by molar-refractivity contribution is 5.77. The lowest BCUT2D eigenvalue weighted by atomic mass is 10.0. The van der Waals surface area contributed by atoms with Gasteiger partial charge in [0, 0.05) is 25.0 Å². The van der Waals surface area contributed by atoms with E-state index in [0.29, 0.717) is 12.5 Å². The van der Waals surface area contributed by atoms with E-state index in [1.165, 1.54) is 6.42 Å². The van der Waals surface area contributed by atoms with Crippen molar-refractivity contribution < 1.29 is 4.79 Å². The molecular formula is C11H22N2O. The van der Waals surface area contributed by atoms with Gasteiger partial charge in [-0.3, -0.25) is 4.79 Å². The molecule has 2 atom stereocenters. The Hall–Kier alpha value is -0.570. The molecule has 0 aromatic carbocycles. The summed E-state index contributed by atoms with van der Waals surface area (Å²) in [5, 5.41) is 0. The lowest BCUT2D eigenvalue weighted by Gasteiger charge is -2.34. The van der Waals surface area contributed by atoms with Crippen molar-refractivity contribution in [3.8, 4) is 0 Å². The summed E-state index contributed by atoms with van der Waals surface area (Å²) in [6.07, 6.45) is 4.95. The average Bonchev–Trinajstić information content (AvgIpc) is 2.18. The van der Waals surface area contributed by atoms with Crippen LogP contribution in [0.25, 0.3) is 0 Å². The van der Waals surface area contributed by atoms with Crippen molar-refractivity contribution in [1.82, 2.24) is 4.90 Å². The minimum Gasteiger partial charge on any atom is -0.340 e. The van der Waals surface area contributed by atoms with Gasteiger partial charge in [-0.15, -0.1) is 0 Å². The number of nitrogens with zero attached hydrogens (tertiary/aromatic N) is 1. The monoisotopic (exact) mass is 198 g/mol. The summed E-state index contributed by atoms with van der Waals surface area (Å²) in [5.74, 6) is 0.242. The van der Waals surface area contributed by atoms with Crippen LogP contribution >= 0.6 is 0 Å². The molecule has 1 amide bonds. The summed E-state index contributed by atoms with van der Waals surface area (Å²) >= 11 is 0. The number of hydrogen-bond donors (Lipinski definition) is 1. The van der Waals surface area contributed by atoms with E-state index in [4.69, 9.17) is 5.73 Å². The van der Waals surface area contributed by atoms with Gasteiger partial charge < -0.3 is 10.6 Å². The molecule has 2 unspecified atom stereocenters. The van der Waals surface area contributed by atoms with Crippen molar-refractivity contribution in [1.29, 1.82) is 0 Å². The Morgan fingerprint density at radius 3 is 2.86 bits per heavy atom. The first-order chi connectivity index (χ1) is 6.65. The zero-order valence-corrected chi connectivity index (χ0v) is 9.33. The highest BCUT2D eigenvalue weighted by atomic mass is 16.2. The van der Waals surface area contributed by atoms with Crippen LogP contribution in [0.4, 0.5) is 0 Å². The van der Waals surface area contributed by atoms with Crippen molar-refractivity contribution in [2.45, 2.75) is 58.0 Å². The van der Waals surface area contributed by atoms with Crippen LogP contribution in [0, 0.1) is 0 Å². The van der Waals surface area contributed by atoms with Gasteiger partial charge in [0.1, 0.15) is 0 Å². The van der Waals surface area contributed by atoms with Crippen LogP contribution in [0.3, 0.4) is 0 Å². The molecule has 1 fully saturated rings. The second kappa shape index (κ2) is 5.35. The number of hydrogen-bond acceptors (Lipinski definition) is 2. The number of carbonyl (C=O) groups excluding carboxylic acids is 1. The molecule has 0 aromatic heterocycles. The molecule has 1 heterocycles. The van der Waals surface area contributed by atoms with Crippen LogP contribution in [0.15, 0.2) is 0 Å². The molecule has 0 aromatic rings. The van der Waals surface area contributed by atoms with Crippen LogP contribution in [0.5, 0.6) is 0 Å². The number of piperidine rings is 1. The number of nitrogens with two attached hydrogens (primary N) is 1. The molecule has 0 saturated carbocycles. The molecule has 14 heavy (non-hydrogen) atoms. The van der Waals surface area contributed by atoms with Gasteiger partial charge in [-0.05, 0) is 32.6 Å². The van der Waals surface area contributed by atoms with E-state index in [0.717, 1.165) is 25.8 Å². The maximum absolute atomic E-state index is 11.8. The largest absolute Gasteiger partial charge is 0.340 e. The third-order valence-corrected chi connectivity index (χ3v) is 3.08. The summed E-state index contributed by atoms with van der Waals surface area (Å²) in [6.45, 7) is 5.09. The first kappa shape index (κ1) is 11.5. The van der Waals surface area contributed by atoms with Gasteiger partial charge in [-0.1, -0.05) is 6.92 Å². The van der Waals surface area contributed by atoms with Crippen LogP contribution in [-0.2, 0) is 4.79 Å². The Morgan fingerprint density at radius 2 is 2.29 bits per heavy atom. The maximum atomic E-state index is 11.8. The predicted molar refractivity (Wildman–Crippen MR) is 57.9 cm³/mol. The van der Waals surface area contributed by atoms with Gasteiger partial charge >= 0.3 is 0 Å². The molecule has 0 spiro atoms. The van der Waals surface area contributed by atoms with Gasteiger partial charge in [0.25, 0.3) is 0 Å². The summed E-state index contributed by atoms with van der Waals surface area (Å²) in [5.41, 5.74) is 5.78. The number of carbonyl (C=O) groups is 1. The first-order valence-corrected chi connectivity index (χ1v) is 5.70. The van der Waals surface area contributed by atoms with Gasteiger partial charge in [-0.25, -0.2) is 0 Å². The second-order valence-corrected chi connectivity index (χ2v) is 4.30. The maximum Gasteiger partial charge on any atom is 0.224 e. The van der Waals surface area contributed by atoms with Gasteiger partial charge in [0.15, 0.2) is 0 Å². The topological polar surface area (TPSA) is 46.3 Å². The molecule has 2 N–H and O–H groups in total. The molecule has 3 heteroatoms. The lowest BCUT2D eigenvalue weighted by molar-refractivity contribution is -0.134. The second-order valence-electron chi connectivity index (χ2n) is 4.30. The van der Waals surface area contributed by atoms with Crippen LogP contribution in [-0.4, -0.2) is 29.4 Å². The van der Waals surface area contributed by atoms with Crippen LogP contribution in [0.2, 0.25) is 0 Å². The summed E-state index contributed by atoms with van der Waals surface area (Å²) < 4.78 is 0. The lowest BCUT2D eigenvalue weighted by Crippen LogP contribution is -2.44. The van der Waals surface area contributed by atoms with E-state index in [2.05, 4.69) is 6.92 Å². The van der Waals surface area contributed by atoms with Crippen molar-refractivity contribution >= 4 is 5.91 Å². The molecule has 0 bridgehead atoms. The molecule has 1 rings (SSSR count). The Balaban J connectivity index is 2.42. The molecular weight excluding hydrogens is 176 g/mol. The van der Waals surface area contributed by atoms with E-state index in [9.17, 15) is 4.79 Å². The fourth-order valence-corrected chi connectivity index (χ4v) is 1.95. The Labute approximate surface area is 86.6 Å². The fourth-order valence-electron chi connectivity index (χ4n) is 1.95. The zero-order valence-electron chi connectivity index (χ0n) is 9.33. The Morgan fingerprint density at radius 1 is 1.57 bits per heavy atom. The molecule has 1 saturated heterocycles. The molecule has 82 valence electrons. The minimum absolute atomic E-state index is 0.0385. The predicted octanol–water partition coefficient (Wildman–Crippen LogP) is 1.51. The summed E-state index contributed by atoms with van der Waals surface area (Å²) in [4.78, 5) is 13.8. The number of amides is 1. The molecule has 1 aliphatic heterocycles. The van der Waals surface area contributed by atoms with Crippen LogP contribution < -0.4 is 5.73 Å². The average molecular weight is 198 g/mol. The first-order valence-electron chi connectivity index (χ1n) is 5.70. The normalized spacial score (nSPS) is 24.8. The summed E-state index contributed by atoms with van der Waals surface area (Å²) in [6, 6.07) is 0.455. The fraction of sp³-hybridized carbons (Fsp3) is 0.909. The van der Waals surface area contributed by atoms with Crippen molar-refractivity contribution in [3.05, 3.63) is 0 Å². The Bertz CT molecular complexity index is 194. The van der Waals surface area contributed by atoms with Crippen LogP contribution in [0.1, 0.15) is 46.0 Å². The number of rotatable bonds is 3. The number of likely N-dealkylation sites (tertiary alicyclic amines) is 1. The van der Waals surface area contributed by atoms with Crippen molar-refractivity contribution in [2.24, 2.45) is 5.73 Å². The van der Waals surface area contributed by atoms with E-state index in [1.807, 2.05) is 11.8 Å². The molecule has 3 nitrogen and oxygen atoms in total. The van der Waals surface area contributed by atoms with Gasteiger partial charge in [0.05, 0.1) is 0 Å². The van der Waals surface area contributed by atoms with E-state index in [1.54, 1.807) is 0 Å². The van der Waals surface area contributed by atoms with E-state index in [-0.39, 0.29) is 11.9 Å². The van der Waals surface area contributed by atoms with E-state index >= 15 is 0 Å². The smallest absolute Gasteiger partial charge is 0.224 e. The highest BCUT2D eigenvalue weighted by Gasteiger charge is 2.23. The highest BCUT2D eigenvalue weighted by Crippen LogP contribution is 2.17. The third kappa shape index (κ3) is 2.98. The van der Waals surface area contributed by atoms with Gasteiger partial charge in [0.2, 0.25) is 5.91 Å². The summed E-state index contributed by atoms with van der Waals surface area (Å²) in [7, 11) is 0. The van der Waals surface area contributed by atoms with E-state index < -0.39 is 0 Å². The minimum atomic E-state index is 0.0385. The standard InChI is InChI=1S/C11H22N2O/c1-3-10(12)8-11(14)13-7-5-4-6-9(13)2/h9-10H,3-8,12H2,1-2H3. The van der Waals surface area contributed by atoms with Crippen molar-refractivity contribution in [2.75, 3.05) is 6.54 Å². The molecule has 0 radical (unpaired) electrons. The third-order valence-electron chi connectivity index (χ3n) is 3.08. The Kier molecular flexibility index (Phi) is 4.39. The van der Waals surface area contributed by atoms with Gasteiger partial charge in [-0.2, -0.15) is 0 Å². The van der Waals surface area contributed by atoms with Crippen molar-refractivity contribution in [3.63, 3.8) is 0 Å². The molecule has 1 aliphatic rings. The zero-order chi connectivity index (χ0) is 10.6. The molecule has 0 aliphatic carbocycles. The quantitative estimate of drug-likeness (QED) is 0.747.